The van der Waals surface area contributed by atoms with Crippen LogP contribution in [0.2, 0.25) is 0 Å². The molecule has 1 aliphatic rings. The Balaban J connectivity index is 1.72. The molecule has 1 aromatic heterocycles. The number of halogens is 3. The summed E-state index contributed by atoms with van der Waals surface area (Å²) in [5, 5.41) is 19.0. The number of hydrogen-bond acceptors (Lipinski definition) is 4. The van der Waals surface area contributed by atoms with Gasteiger partial charge in [0.2, 0.25) is 11.5 Å². The summed E-state index contributed by atoms with van der Waals surface area (Å²) < 4.78 is 38.9. The minimum absolute atomic E-state index is 0.0199. The van der Waals surface area contributed by atoms with Crippen LogP contribution in [0.1, 0.15) is 45.8 Å². The lowest BCUT2D eigenvalue weighted by molar-refractivity contribution is -0.137. The second-order valence-corrected chi connectivity index (χ2v) is 8.67. The number of nitrogens with zero attached hydrogens (tertiary/aromatic N) is 2. The van der Waals surface area contributed by atoms with E-state index in [1.807, 2.05) is 0 Å². The zero-order valence-electron chi connectivity index (χ0n) is 18.9. The van der Waals surface area contributed by atoms with E-state index in [1.165, 1.54) is 6.07 Å². The van der Waals surface area contributed by atoms with E-state index in [2.05, 4.69) is 15.0 Å². The number of carbonyl (C=O) groups is 2. The molecular formula is C24H25F3N4O4. The molecule has 0 bridgehead atoms. The van der Waals surface area contributed by atoms with E-state index in [0.29, 0.717) is 36.8 Å². The van der Waals surface area contributed by atoms with E-state index in [-0.39, 0.29) is 29.6 Å². The number of carbonyl (C=O) groups excluding carboxylic acids is 2. The van der Waals surface area contributed by atoms with Crippen molar-refractivity contribution in [3.8, 4) is 0 Å². The normalized spacial score (nSPS) is 18.0. The van der Waals surface area contributed by atoms with Crippen molar-refractivity contribution < 1.29 is 33.0 Å². The predicted molar refractivity (Wildman–Crippen MR) is 120 cm³/mol. The highest BCUT2D eigenvalue weighted by molar-refractivity contribution is 5.95. The van der Waals surface area contributed by atoms with Gasteiger partial charge in [-0.25, -0.2) is 0 Å². The zero-order valence-corrected chi connectivity index (χ0v) is 18.9. The molecule has 1 fully saturated rings. The van der Waals surface area contributed by atoms with E-state index in [0.717, 1.165) is 29.3 Å². The Morgan fingerprint density at radius 1 is 1.23 bits per heavy atom. The van der Waals surface area contributed by atoms with Crippen LogP contribution in [0, 0.1) is 0 Å². The monoisotopic (exact) mass is 490 g/mol. The number of likely N-dealkylation sites (N-methyl/N-ethyl adjacent to an activating group) is 1. The predicted octanol–water partition coefficient (Wildman–Crippen LogP) is 2.49. The number of aryl methyl sites for hydroxylation is 1. The molecule has 2 heterocycles. The van der Waals surface area contributed by atoms with E-state index in [9.17, 15) is 27.9 Å². The maximum atomic E-state index is 13.0. The smallest absolute Gasteiger partial charge is 0.394 e. The second-order valence-electron chi connectivity index (χ2n) is 8.67. The molecule has 0 aliphatic carbocycles. The highest BCUT2D eigenvalue weighted by atomic mass is 19.4. The Hall–Kier alpha value is -3.44. The summed E-state index contributed by atoms with van der Waals surface area (Å²) in [6.07, 6.45) is -4.14. The molecular weight excluding hydrogens is 465 g/mol. The summed E-state index contributed by atoms with van der Waals surface area (Å²) in [6.45, 7) is 0.239. The molecule has 11 heteroatoms. The molecule has 4 N–H and O–H groups in total. The number of imidazole rings is 1. The number of aromatic nitrogens is 2. The molecule has 2 aromatic carbocycles. The second kappa shape index (κ2) is 9.67. The van der Waals surface area contributed by atoms with Crippen LogP contribution >= 0.6 is 0 Å². The first kappa shape index (κ1) is 24.7. The standard InChI is InChI=1S/C24H25F3N4O4/c1-31-8-7-17(22(31)35)18-11-20-19(10-13(18)5-6-16(33)12-32)28-23(29-20)30-21(34)14-3-2-4-15(9-14)24(25,26)27/h2-4,9-11,16-17,32-33H,5-8,12H2,1H3,(H2,28,29,30,34)/t16-,17+/m0/s1. The molecule has 2 atom stereocenters. The van der Waals surface area contributed by atoms with Crippen molar-refractivity contribution in [2.45, 2.75) is 37.5 Å². The van der Waals surface area contributed by atoms with Crippen LogP contribution in [0.3, 0.4) is 0 Å². The highest BCUT2D eigenvalue weighted by Gasteiger charge is 2.32. The van der Waals surface area contributed by atoms with Gasteiger partial charge in [0.15, 0.2) is 0 Å². The SMILES string of the molecule is CN1CC[C@H](c2cc3[nH]/c(=N/C(=O)c4cccc(C(F)(F)F)c4)[nH]c3cc2CC[C@H](O)CO)C1=O. The van der Waals surface area contributed by atoms with Gasteiger partial charge in [-0.2, -0.15) is 18.2 Å². The molecule has 2 amide bonds. The third-order valence-electron chi connectivity index (χ3n) is 6.20. The molecule has 0 saturated carbocycles. The number of hydrogen-bond donors (Lipinski definition) is 4. The molecule has 0 radical (unpaired) electrons. The number of likely N-dealkylation sites (tertiary alicyclic amines) is 1. The van der Waals surface area contributed by atoms with Crippen molar-refractivity contribution in [1.29, 1.82) is 0 Å². The molecule has 0 spiro atoms. The molecule has 8 nitrogen and oxygen atoms in total. The van der Waals surface area contributed by atoms with Gasteiger partial charge in [-0.15, -0.1) is 0 Å². The van der Waals surface area contributed by atoms with Crippen LogP contribution in [0.25, 0.3) is 11.0 Å². The molecule has 1 aliphatic heterocycles. The van der Waals surface area contributed by atoms with Gasteiger partial charge in [-0.1, -0.05) is 6.07 Å². The third kappa shape index (κ3) is 5.30. The van der Waals surface area contributed by atoms with Gasteiger partial charge in [-0.05, 0) is 60.7 Å². The van der Waals surface area contributed by atoms with E-state index < -0.39 is 23.8 Å². The Morgan fingerprint density at radius 3 is 2.57 bits per heavy atom. The van der Waals surface area contributed by atoms with Gasteiger partial charge >= 0.3 is 6.18 Å². The van der Waals surface area contributed by atoms with Gasteiger partial charge in [0.1, 0.15) is 0 Å². The Morgan fingerprint density at radius 2 is 1.94 bits per heavy atom. The fourth-order valence-corrected chi connectivity index (χ4v) is 4.27. The number of nitrogens with one attached hydrogen (secondary N) is 2. The number of aliphatic hydroxyl groups excluding tert-OH is 2. The average molecular weight is 490 g/mol. The lowest BCUT2D eigenvalue weighted by Crippen LogP contribution is -2.22. The van der Waals surface area contributed by atoms with Crippen molar-refractivity contribution in [3.63, 3.8) is 0 Å². The maximum Gasteiger partial charge on any atom is 0.416 e. The molecule has 35 heavy (non-hydrogen) atoms. The van der Waals surface area contributed by atoms with Crippen LogP contribution in [0.15, 0.2) is 41.4 Å². The summed E-state index contributed by atoms with van der Waals surface area (Å²) in [7, 11) is 1.73. The number of aliphatic hydroxyl groups is 2. The van der Waals surface area contributed by atoms with Crippen LogP contribution in [-0.4, -0.2) is 63.2 Å². The summed E-state index contributed by atoms with van der Waals surface area (Å²) in [6, 6.07) is 7.63. The van der Waals surface area contributed by atoms with Gasteiger partial charge < -0.3 is 25.1 Å². The average Bonchev–Trinajstić information content (AvgIpc) is 3.37. The maximum absolute atomic E-state index is 13.0. The number of H-pyrrole nitrogens is 2. The summed E-state index contributed by atoms with van der Waals surface area (Å²) in [5.41, 5.74) is 1.65. The summed E-state index contributed by atoms with van der Waals surface area (Å²) in [5.74, 6) is -1.23. The van der Waals surface area contributed by atoms with E-state index >= 15 is 0 Å². The number of benzene rings is 2. The van der Waals surface area contributed by atoms with Crippen molar-refractivity contribution in [2.75, 3.05) is 20.2 Å². The third-order valence-corrected chi connectivity index (χ3v) is 6.20. The fraction of sp³-hybridized carbons (Fsp3) is 0.375. The quantitative estimate of drug-likeness (QED) is 0.424. The van der Waals surface area contributed by atoms with E-state index in [1.54, 1.807) is 24.1 Å². The Kier molecular flexibility index (Phi) is 6.82. The summed E-state index contributed by atoms with van der Waals surface area (Å²) in [4.78, 5) is 36.6. The molecule has 1 saturated heterocycles. The minimum atomic E-state index is -4.58. The first-order valence-electron chi connectivity index (χ1n) is 11.1. The van der Waals surface area contributed by atoms with Gasteiger partial charge in [0, 0.05) is 19.2 Å². The lowest BCUT2D eigenvalue weighted by atomic mass is 9.90. The van der Waals surface area contributed by atoms with Crippen molar-refractivity contribution in [3.05, 3.63) is 64.3 Å². The Bertz CT molecular complexity index is 1330. The summed E-state index contributed by atoms with van der Waals surface area (Å²) >= 11 is 0. The van der Waals surface area contributed by atoms with Crippen molar-refractivity contribution in [2.24, 2.45) is 4.99 Å². The van der Waals surface area contributed by atoms with E-state index in [4.69, 9.17) is 5.11 Å². The minimum Gasteiger partial charge on any atom is -0.394 e. The first-order chi connectivity index (χ1) is 16.6. The zero-order chi connectivity index (χ0) is 25.3. The number of amides is 2. The van der Waals surface area contributed by atoms with Crippen LogP contribution in [-0.2, 0) is 17.4 Å². The lowest BCUT2D eigenvalue weighted by Gasteiger charge is -2.16. The first-order valence-corrected chi connectivity index (χ1v) is 11.1. The number of rotatable bonds is 6. The van der Waals surface area contributed by atoms with Crippen molar-refractivity contribution in [1.82, 2.24) is 14.9 Å². The number of aromatic amines is 2. The molecule has 186 valence electrons. The number of alkyl halides is 3. The van der Waals surface area contributed by atoms with Crippen LogP contribution < -0.4 is 5.62 Å². The largest absolute Gasteiger partial charge is 0.416 e. The van der Waals surface area contributed by atoms with Gasteiger partial charge in [0.25, 0.3) is 5.91 Å². The Labute approximate surface area is 198 Å². The highest BCUT2D eigenvalue weighted by Crippen LogP contribution is 2.33. The van der Waals surface area contributed by atoms with Gasteiger partial charge in [0.05, 0.1) is 35.2 Å². The van der Waals surface area contributed by atoms with Crippen LogP contribution in [0.5, 0.6) is 0 Å². The van der Waals surface area contributed by atoms with Crippen molar-refractivity contribution >= 4 is 22.8 Å². The topological polar surface area (TPSA) is 122 Å². The van der Waals surface area contributed by atoms with Gasteiger partial charge in [-0.3, -0.25) is 9.59 Å². The molecule has 0 unspecified atom stereocenters. The number of fused-ring (bicyclic) bond motifs is 1. The molecule has 4 rings (SSSR count). The fourth-order valence-electron chi connectivity index (χ4n) is 4.27. The molecule has 3 aromatic rings. The van der Waals surface area contributed by atoms with Crippen LogP contribution in [0.4, 0.5) is 13.2 Å².